The minimum absolute atomic E-state index is 0.0651. The van der Waals surface area contributed by atoms with Crippen LogP contribution in [-0.4, -0.2) is 49.8 Å². The molecule has 7 heteroatoms. The van der Waals surface area contributed by atoms with Gasteiger partial charge in [-0.3, -0.25) is 4.79 Å². The average molecular weight is 437 g/mol. The number of benzene rings is 2. The number of ether oxygens (including phenoxy) is 5. The van der Waals surface area contributed by atoms with Crippen LogP contribution in [0.1, 0.15) is 24.3 Å². The fourth-order valence-electron chi connectivity index (χ4n) is 3.98. The number of terminal acetylenes is 1. The number of nitrogens with one attached hydrogen (secondary N) is 1. The van der Waals surface area contributed by atoms with Crippen molar-refractivity contribution in [2.24, 2.45) is 0 Å². The Bertz CT molecular complexity index is 915. The normalized spacial score (nSPS) is 29.5. The Hall–Kier alpha value is -2.73. The molecule has 0 saturated carbocycles. The van der Waals surface area contributed by atoms with Gasteiger partial charge in [-0.05, 0) is 5.56 Å². The molecule has 0 spiro atoms. The summed E-state index contributed by atoms with van der Waals surface area (Å²) in [5.41, 5.74) is 1.88. The minimum Gasteiger partial charge on any atom is -0.360 e. The standard InChI is InChI=1S/C25H27NO6/c1-3-14-28-23-21(26-17(2)27)25(29-15-18-10-6-4-7-11-18)31-20-16-30-24(32-22(20)23)19-12-8-5-9-13-19/h1,4-13,20-25H,14-16H2,2H3,(H,26,27)/t20-,21-,22+,23+,24-,25+/m0/s1. The molecule has 2 aliphatic rings. The SMILES string of the molecule is C#CCO[C@@H]1[C@H](NC(C)=O)[C@H](OCc2ccccc2)O[C@H]2CO[C@H](c3ccccc3)O[C@@H]12. The number of amides is 1. The van der Waals surface area contributed by atoms with Gasteiger partial charge in [-0.25, -0.2) is 0 Å². The van der Waals surface area contributed by atoms with Gasteiger partial charge in [0.25, 0.3) is 0 Å². The molecular weight excluding hydrogens is 410 g/mol. The van der Waals surface area contributed by atoms with Crippen molar-refractivity contribution in [2.45, 2.75) is 50.5 Å². The zero-order valence-corrected chi connectivity index (χ0v) is 17.9. The van der Waals surface area contributed by atoms with E-state index in [0.29, 0.717) is 6.61 Å². The van der Waals surface area contributed by atoms with E-state index in [1.54, 1.807) is 0 Å². The summed E-state index contributed by atoms with van der Waals surface area (Å²) in [6.45, 7) is 2.11. The van der Waals surface area contributed by atoms with Crippen molar-refractivity contribution >= 4 is 5.91 Å². The fourth-order valence-corrected chi connectivity index (χ4v) is 3.98. The summed E-state index contributed by atoms with van der Waals surface area (Å²) in [6, 6.07) is 18.8. The van der Waals surface area contributed by atoms with Gasteiger partial charge >= 0.3 is 0 Å². The Morgan fingerprint density at radius 2 is 1.81 bits per heavy atom. The van der Waals surface area contributed by atoms with Crippen molar-refractivity contribution in [3.63, 3.8) is 0 Å². The van der Waals surface area contributed by atoms with Crippen LogP contribution in [0.3, 0.4) is 0 Å². The quantitative estimate of drug-likeness (QED) is 0.671. The van der Waals surface area contributed by atoms with E-state index in [1.807, 2.05) is 60.7 Å². The molecule has 4 rings (SSSR count). The molecule has 0 unspecified atom stereocenters. The molecule has 32 heavy (non-hydrogen) atoms. The van der Waals surface area contributed by atoms with Crippen LogP contribution in [0.15, 0.2) is 60.7 Å². The lowest BCUT2D eigenvalue weighted by molar-refractivity contribution is -0.348. The molecule has 168 valence electrons. The van der Waals surface area contributed by atoms with Gasteiger partial charge in [0, 0.05) is 12.5 Å². The lowest BCUT2D eigenvalue weighted by atomic mass is 9.95. The largest absolute Gasteiger partial charge is 0.360 e. The number of carbonyl (C=O) groups excluding carboxylic acids is 1. The zero-order chi connectivity index (χ0) is 22.3. The second kappa shape index (κ2) is 10.7. The number of carbonyl (C=O) groups is 1. The van der Waals surface area contributed by atoms with E-state index in [4.69, 9.17) is 30.1 Å². The molecule has 1 amide bonds. The predicted molar refractivity (Wildman–Crippen MR) is 116 cm³/mol. The van der Waals surface area contributed by atoms with Crippen LogP contribution in [0.5, 0.6) is 0 Å². The van der Waals surface area contributed by atoms with E-state index in [-0.39, 0.29) is 19.1 Å². The van der Waals surface area contributed by atoms with Crippen LogP contribution in [0.4, 0.5) is 0 Å². The highest BCUT2D eigenvalue weighted by atomic mass is 16.7. The molecule has 0 aromatic heterocycles. The number of hydrogen-bond donors (Lipinski definition) is 1. The molecule has 2 aromatic rings. The van der Waals surface area contributed by atoms with Gasteiger partial charge in [0.2, 0.25) is 5.91 Å². The van der Waals surface area contributed by atoms with E-state index >= 15 is 0 Å². The van der Waals surface area contributed by atoms with Gasteiger partial charge in [-0.1, -0.05) is 66.6 Å². The van der Waals surface area contributed by atoms with Crippen molar-refractivity contribution in [3.8, 4) is 12.3 Å². The molecule has 7 nitrogen and oxygen atoms in total. The van der Waals surface area contributed by atoms with E-state index in [2.05, 4.69) is 11.2 Å². The molecule has 0 radical (unpaired) electrons. The highest BCUT2D eigenvalue weighted by molar-refractivity contribution is 5.73. The Labute approximate surface area is 187 Å². The van der Waals surface area contributed by atoms with E-state index < -0.39 is 36.9 Å². The van der Waals surface area contributed by atoms with Crippen LogP contribution in [0.2, 0.25) is 0 Å². The summed E-state index contributed by atoms with van der Waals surface area (Å²) in [7, 11) is 0. The molecule has 2 aliphatic heterocycles. The Morgan fingerprint density at radius 1 is 1.09 bits per heavy atom. The first-order valence-corrected chi connectivity index (χ1v) is 10.6. The first-order valence-electron chi connectivity index (χ1n) is 10.6. The predicted octanol–water partition coefficient (Wildman–Crippen LogP) is 2.57. The summed E-state index contributed by atoms with van der Waals surface area (Å²) < 4.78 is 30.5. The number of rotatable bonds is 7. The smallest absolute Gasteiger partial charge is 0.217 e. The molecule has 2 aromatic carbocycles. The van der Waals surface area contributed by atoms with E-state index in [0.717, 1.165) is 11.1 Å². The van der Waals surface area contributed by atoms with Crippen LogP contribution < -0.4 is 5.32 Å². The van der Waals surface area contributed by atoms with Crippen molar-refractivity contribution < 1.29 is 28.5 Å². The molecule has 6 atom stereocenters. The third kappa shape index (κ3) is 5.36. The Balaban J connectivity index is 1.55. The third-order valence-electron chi connectivity index (χ3n) is 5.40. The molecule has 2 heterocycles. The molecule has 0 aliphatic carbocycles. The van der Waals surface area contributed by atoms with E-state index in [9.17, 15) is 4.79 Å². The fraction of sp³-hybridized carbons (Fsp3) is 0.400. The Morgan fingerprint density at radius 3 is 2.50 bits per heavy atom. The topological polar surface area (TPSA) is 75.3 Å². The number of hydrogen-bond acceptors (Lipinski definition) is 6. The van der Waals surface area contributed by atoms with Gasteiger partial charge in [-0.15, -0.1) is 6.42 Å². The molecule has 2 saturated heterocycles. The second-order valence-electron chi connectivity index (χ2n) is 7.72. The second-order valence-corrected chi connectivity index (χ2v) is 7.72. The molecular formula is C25H27NO6. The first kappa shape index (κ1) is 22.5. The Kier molecular flexibility index (Phi) is 7.53. The summed E-state index contributed by atoms with van der Waals surface area (Å²) in [5.74, 6) is 2.27. The summed E-state index contributed by atoms with van der Waals surface area (Å²) in [6.07, 6.45) is 2.60. The molecule has 0 bridgehead atoms. The van der Waals surface area contributed by atoms with Crippen LogP contribution in [0.25, 0.3) is 0 Å². The minimum atomic E-state index is -0.761. The average Bonchev–Trinajstić information content (AvgIpc) is 2.82. The maximum absolute atomic E-state index is 12.0. The number of fused-ring (bicyclic) bond motifs is 1. The van der Waals surface area contributed by atoms with Crippen LogP contribution in [0, 0.1) is 12.3 Å². The van der Waals surface area contributed by atoms with Gasteiger partial charge in [0.15, 0.2) is 12.6 Å². The van der Waals surface area contributed by atoms with Crippen LogP contribution in [-0.2, 0) is 35.1 Å². The van der Waals surface area contributed by atoms with Crippen LogP contribution >= 0.6 is 0 Å². The summed E-state index contributed by atoms with van der Waals surface area (Å²) >= 11 is 0. The maximum Gasteiger partial charge on any atom is 0.217 e. The lowest BCUT2D eigenvalue weighted by Gasteiger charge is -2.49. The first-order chi connectivity index (χ1) is 15.7. The van der Waals surface area contributed by atoms with Gasteiger partial charge in [0.05, 0.1) is 13.2 Å². The van der Waals surface area contributed by atoms with Crippen molar-refractivity contribution in [1.29, 1.82) is 0 Å². The summed E-state index contributed by atoms with van der Waals surface area (Å²) in [4.78, 5) is 12.0. The van der Waals surface area contributed by atoms with Crippen molar-refractivity contribution in [2.75, 3.05) is 13.2 Å². The molecule has 1 N–H and O–H groups in total. The van der Waals surface area contributed by atoms with Gasteiger partial charge in [0.1, 0.15) is 31.0 Å². The zero-order valence-electron chi connectivity index (χ0n) is 17.9. The highest BCUT2D eigenvalue weighted by Gasteiger charge is 2.51. The van der Waals surface area contributed by atoms with Gasteiger partial charge in [-0.2, -0.15) is 0 Å². The maximum atomic E-state index is 12.0. The lowest BCUT2D eigenvalue weighted by Crippen LogP contribution is -2.67. The highest BCUT2D eigenvalue weighted by Crippen LogP contribution is 2.35. The van der Waals surface area contributed by atoms with Crippen molar-refractivity contribution in [1.82, 2.24) is 5.32 Å². The summed E-state index contributed by atoms with van der Waals surface area (Å²) in [5, 5.41) is 2.91. The van der Waals surface area contributed by atoms with Crippen molar-refractivity contribution in [3.05, 3.63) is 71.8 Å². The third-order valence-corrected chi connectivity index (χ3v) is 5.40. The van der Waals surface area contributed by atoms with Gasteiger partial charge < -0.3 is 29.0 Å². The molecule has 2 fully saturated rings. The monoisotopic (exact) mass is 437 g/mol. The van der Waals surface area contributed by atoms with E-state index in [1.165, 1.54) is 6.92 Å².